The van der Waals surface area contributed by atoms with Crippen molar-refractivity contribution >= 4 is 127 Å². The van der Waals surface area contributed by atoms with Gasteiger partial charge in [-0.3, -0.25) is 28.8 Å². The van der Waals surface area contributed by atoms with Gasteiger partial charge in [0.05, 0.1) is 47.7 Å². The third-order valence-electron chi connectivity index (χ3n) is 9.77. The molecule has 5 rings (SSSR count). The first-order valence-corrected chi connectivity index (χ1v) is 22.5. The number of carbonyl (C=O) groups excluding carboxylic acids is 6. The number of nitrogens with one attached hydrogen (secondary N) is 4. The van der Waals surface area contributed by atoms with Crippen LogP contribution >= 0.6 is 58.0 Å². The molecule has 0 aliphatic carbocycles. The average molecular weight is 1030 g/mol. The summed E-state index contributed by atoms with van der Waals surface area (Å²) in [5.41, 5.74) is 3.37. The van der Waals surface area contributed by atoms with E-state index in [0.29, 0.717) is 28.4 Å². The van der Waals surface area contributed by atoms with Gasteiger partial charge in [-0.15, -0.1) is 34.8 Å². The third-order valence-corrected chi connectivity index (χ3v) is 11.0. The summed E-state index contributed by atoms with van der Waals surface area (Å²) in [6, 6.07) is 19.6. The first-order chi connectivity index (χ1) is 32.3. The van der Waals surface area contributed by atoms with E-state index in [1.54, 1.807) is 50.2 Å². The van der Waals surface area contributed by atoms with E-state index in [1.807, 2.05) is 0 Å². The highest BCUT2D eigenvalue weighted by molar-refractivity contribution is 6.32. The Balaban J connectivity index is 1.26. The van der Waals surface area contributed by atoms with Crippen molar-refractivity contribution in [3.63, 3.8) is 0 Å². The van der Waals surface area contributed by atoms with Crippen LogP contribution in [-0.4, -0.2) is 61.5 Å². The second-order valence-electron chi connectivity index (χ2n) is 14.9. The van der Waals surface area contributed by atoms with E-state index in [9.17, 15) is 28.8 Å². The quantitative estimate of drug-likeness (QED) is 0.0353. The number of ketones is 2. The zero-order valence-electron chi connectivity index (χ0n) is 37.1. The number of amides is 4. The van der Waals surface area contributed by atoms with Gasteiger partial charge in [-0.05, 0) is 123 Å². The molecule has 0 aliphatic rings. The fourth-order valence-electron chi connectivity index (χ4n) is 6.23. The van der Waals surface area contributed by atoms with Crippen molar-refractivity contribution in [2.45, 2.75) is 56.4 Å². The number of ether oxygens (including phenoxy) is 2. The van der Waals surface area contributed by atoms with E-state index < -0.39 is 47.3 Å². The monoisotopic (exact) mass is 1020 g/mol. The number of methoxy groups -OCH3 is 2. The molecule has 16 nitrogen and oxygen atoms in total. The Morgan fingerprint density at radius 1 is 0.559 bits per heavy atom. The van der Waals surface area contributed by atoms with Crippen LogP contribution < -0.4 is 30.7 Å². The third kappa shape index (κ3) is 14.1. The number of Topliss-reactive ketones (excluding diaryl/α,β-unsaturated/α-hetero) is 2. The van der Waals surface area contributed by atoms with Crippen LogP contribution in [0.4, 0.5) is 34.1 Å². The normalized spacial score (nSPS) is 13.0. The number of benzene rings is 5. The van der Waals surface area contributed by atoms with Gasteiger partial charge < -0.3 is 30.7 Å². The molecular weight excluding hydrogens is 982 g/mol. The van der Waals surface area contributed by atoms with Crippen molar-refractivity contribution < 1.29 is 38.2 Å². The molecule has 0 saturated heterocycles. The summed E-state index contributed by atoms with van der Waals surface area (Å²) in [6.45, 7) is 5.91. The van der Waals surface area contributed by atoms with Crippen LogP contribution in [0.25, 0.3) is 0 Å². The first-order valence-electron chi connectivity index (χ1n) is 20.3. The Bertz CT molecular complexity index is 2820. The number of carbonyl (C=O) groups is 6. The molecule has 4 amide bonds. The predicted octanol–water partition coefficient (Wildman–Crippen LogP) is 12.2. The summed E-state index contributed by atoms with van der Waals surface area (Å²) in [6.07, 6.45) is 0. The van der Waals surface area contributed by atoms with Crippen LogP contribution in [0.3, 0.4) is 0 Å². The van der Waals surface area contributed by atoms with Crippen LogP contribution in [0.2, 0.25) is 10.0 Å². The van der Waals surface area contributed by atoms with Crippen LogP contribution in [0.15, 0.2) is 111 Å². The molecule has 21 heteroatoms. The van der Waals surface area contributed by atoms with Gasteiger partial charge >= 0.3 is 0 Å². The minimum atomic E-state index is -1.63. The largest absolute Gasteiger partial charge is 0.495 e. The van der Waals surface area contributed by atoms with E-state index in [0.717, 1.165) is 25.0 Å². The standard InChI is InChI=1S/C47H43Cl5N8O8/c1-23(49)27-7-10-38(40(18-27)67-5)55-44(63)29-13-32(51)20-35(15-29)57-59-42(25(3)61)46(65)53-34-9-12-37(31(17-34)22-48)54-47(66)43(26(4)62)60-58-36-16-30(14-33(52)21-36)45(64)56-39-11-8-28(24(2)50)19-41(39)68-6/h7-21,23-24,42-43H,22H2,1-6H3,(H,53,65)(H,54,66)(H,55,63)(H,56,64). The molecule has 0 fully saturated rings. The molecule has 5 aromatic rings. The maximum Gasteiger partial charge on any atom is 0.258 e. The van der Waals surface area contributed by atoms with Gasteiger partial charge in [-0.2, -0.15) is 20.5 Å². The van der Waals surface area contributed by atoms with E-state index in [4.69, 9.17) is 67.5 Å². The second kappa shape index (κ2) is 24.0. The number of anilines is 4. The molecule has 0 radical (unpaired) electrons. The number of nitrogens with zero attached hydrogens (tertiary/aromatic N) is 4. The van der Waals surface area contributed by atoms with Crippen LogP contribution in [0, 0.1) is 0 Å². The highest BCUT2D eigenvalue weighted by atomic mass is 35.5. The molecule has 4 atom stereocenters. The lowest BCUT2D eigenvalue weighted by atomic mass is 10.1. The van der Waals surface area contributed by atoms with Gasteiger partial charge in [0.1, 0.15) is 11.5 Å². The van der Waals surface area contributed by atoms with Crippen LogP contribution in [0.1, 0.15) is 75.9 Å². The van der Waals surface area contributed by atoms with Crippen molar-refractivity contribution in [2.24, 2.45) is 20.5 Å². The Labute approximate surface area is 416 Å². The minimum Gasteiger partial charge on any atom is -0.495 e. The molecule has 4 N–H and O–H groups in total. The highest BCUT2D eigenvalue weighted by Gasteiger charge is 2.26. The fraction of sp³-hybridized carbons (Fsp3) is 0.234. The summed E-state index contributed by atoms with van der Waals surface area (Å²) >= 11 is 31.2. The maximum atomic E-state index is 13.4. The second-order valence-corrected chi connectivity index (χ2v) is 17.3. The van der Waals surface area contributed by atoms with Gasteiger partial charge in [0.2, 0.25) is 12.1 Å². The van der Waals surface area contributed by atoms with E-state index in [1.165, 1.54) is 68.8 Å². The lowest BCUT2D eigenvalue weighted by Gasteiger charge is -2.15. The number of rotatable bonds is 19. The van der Waals surface area contributed by atoms with E-state index >= 15 is 0 Å². The van der Waals surface area contributed by atoms with E-state index in [-0.39, 0.29) is 60.6 Å². The zero-order chi connectivity index (χ0) is 49.8. The molecular formula is C47H43Cl5N8O8. The fourth-order valence-corrected chi connectivity index (χ4v) is 7.18. The molecule has 0 spiro atoms. The topological polar surface area (TPSA) is 218 Å². The van der Waals surface area contributed by atoms with Crippen molar-refractivity contribution in [2.75, 3.05) is 35.5 Å². The molecule has 0 aliphatic heterocycles. The average Bonchev–Trinajstić information content (AvgIpc) is 3.29. The van der Waals surface area contributed by atoms with E-state index in [2.05, 4.69) is 41.7 Å². The lowest BCUT2D eigenvalue weighted by Crippen LogP contribution is -2.32. The van der Waals surface area contributed by atoms with Crippen molar-refractivity contribution in [1.82, 2.24) is 0 Å². The maximum absolute atomic E-state index is 13.4. The SMILES string of the molecule is COc1cc(C(C)Cl)ccc1NC(=O)c1cc(Cl)cc(N=NC(C(C)=O)C(=O)Nc2ccc(NC(=O)C(N=Nc3cc(Cl)cc(C(=O)Nc4ccc(C(C)Cl)cc4OC)c3)C(C)=O)c(CCl)c2)c1. The summed E-state index contributed by atoms with van der Waals surface area (Å²) in [7, 11) is 2.91. The summed E-state index contributed by atoms with van der Waals surface area (Å²) in [4.78, 5) is 78.6. The molecule has 5 aromatic carbocycles. The van der Waals surface area contributed by atoms with Gasteiger partial charge in [0.25, 0.3) is 23.6 Å². The predicted molar refractivity (Wildman–Crippen MR) is 265 cm³/mol. The van der Waals surface area contributed by atoms with Crippen molar-refractivity contribution in [3.05, 3.63) is 129 Å². The molecule has 68 heavy (non-hydrogen) atoms. The number of halogens is 5. The molecule has 4 unspecified atom stereocenters. The summed E-state index contributed by atoms with van der Waals surface area (Å²) in [5.74, 6) is -3.52. The van der Waals surface area contributed by atoms with Gasteiger partial charge in [0, 0.05) is 38.4 Å². The van der Waals surface area contributed by atoms with Crippen LogP contribution in [-0.2, 0) is 25.1 Å². The van der Waals surface area contributed by atoms with Crippen LogP contribution in [0.5, 0.6) is 11.5 Å². The number of hydrogen-bond donors (Lipinski definition) is 4. The smallest absolute Gasteiger partial charge is 0.258 e. The first kappa shape index (κ1) is 52.5. The molecule has 0 bridgehead atoms. The van der Waals surface area contributed by atoms with Gasteiger partial charge in [-0.25, -0.2) is 0 Å². The lowest BCUT2D eigenvalue weighted by molar-refractivity contribution is -0.127. The molecule has 0 saturated carbocycles. The zero-order valence-corrected chi connectivity index (χ0v) is 40.9. The molecule has 0 heterocycles. The minimum absolute atomic E-state index is 0.0756. The Kier molecular flexibility index (Phi) is 18.6. The number of azo groups is 2. The number of alkyl halides is 3. The van der Waals surface area contributed by atoms with Gasteiger partial charge in [0.15, 0.2) is 11.6 Å². The van der Waals surface area contributed by atoms with Crippen molar-refractivity contribution in [1.29, 1.82) is 0 Å². The number of hydrogen-bond acceptors (Lipinski definition) is 12. The summed E-state index contributed by atoms with van der Waals surface area (Å²) in [5, 5.41) is 26.4. The van der Waals surface area contributed by atoms with Crippen molar-refractivity contribution in [3.8, 4) is 11.5 Å². The Morgan fingerprint density at radius 2 is 0.985 bits per heavy atom. The summed E-state index contributed by atoms with van der Waals surface area (Å²) < 4.78 is 10.8. The highest BCUT2D eigenvalue weighted by Crippen LogP contribution is 2.33. The Morgan fingerprint density at radius 3 is 1.38 bits per heavy atom. The van der Waals surface area contributed by atoms with Gasteiger partial charge in [-0.1, -0.05) is 35.3 Å². The molecule has 0 aromatic heterocycles. The molecule has 354 valence electrons. The Hall–Kier alpha value is -6.43.